The zero-order valence-electron chi connectivity index (χ0n) is 21.6. The second-order valence-electron chi connectivity index (χ2n) is 9.39. The number of hydrogen-bond donors (Lipinski definition) is 0. The second kappa shape index (κ2) is 19.6. The van der Waals surface area contributed by atoms with Crippen LogP contribution in [0.1, 0.15) is 127 Å². The predicted octanol–water partition coefficient (Wildman–Crippen LogP) is 8.40. The Bertz CT molecular complexity index is 653. The summed E-state index contributed by atoms with van der Waals surface area (Å²) in [5.74, 6) is 0.0326. The first-order valence-corrected chi connectivity index (χ1v) is 13.5. The van der Waals surface area contributed by atoms with Crippen LogP contribution < -0.4 is 4.74 Å². The largest absolute Gasteiger partial charge is 0.466 e. The van der Waals surface area contributed by atoms with E-state index in [0.717, 1.165) is 24.0 Å². The zero-order chi connectivity index (χ0) is 24.2. The topological polar surface area (TPSA) is 52.6 Å². The number of carbonyl (C=O) groups is 2. The van der Waals surface area contributed by atoms with E-state index in [1.54, 1.807) is 6.07 Å². The van der Waals surface area contributed by atoms with Gasteiger partial charge < -0.3 is 9.47 Å². The van der Waals surface area contributed by atoms with E-state index in [1.165, 1.54) is 77.0 Å². The first-order valence-electron chi connectivity index (χ1n) is 13.5. The second-order valence-corrected chi connectivity index (χ2v) is 9.39. The van der Waals surface area contributed by atoms with E-state index in [0.29, 0.717) is 18.8 Å². The molecule has 0 bridgehead atoms. The van der Waals surface area contributed by atoms with Gasteiger partial charge in [0.05, 0.1) is 6.61 Å². The lowest BCUT2D eigenvalue weighted by Crippen LogP contribution is -2.10. The Morgan fingerprint density at radius 3 is 1.70 bits per heavy atom. The van der Waals surface area contributed by atoms with Gasteiger partial charge in [-0.25, -0.2) is 0 Å². The van der Waals surface area contributed by atoms with Gasteiger partial charge in [-0.15, -0.1) is 0 Å². The van der Waals surface area contributed by atoms with Crippen molar-refractivity contribution in [2.45, 2.75) is 130 Å². The molecule has 0 radical (unpaired) electrons. The average Bonchev–Trinajstić information content (AvgIpc) is 2.79. The molecule has 0 aromatic heterocycles. The molecule has 1 rings (SSSR count). The van der Waals surface area contributed by atoms with Crippen molar-refractivity contribution >= 4 is 11.9 Å². The smallest absolute Gasteiger partial charge is 0.311 e. The number of hydrogen-bond acceptors (Lipinski definition) is 4. The number of benzene rings is 1. The summed E-state index contributed by atoms with van der Waals surface area (Å²) in [5, 5.41) is 0. The number of esters is 2. The fourth-order valence-corrected chi connectivity index (χ4v) is 3.89. The molecule has 0 spiro atoms. The average molecular weight is 461 g/mol. The van der Waals surface area contributed by atoms with E-state index in [4.69, 9.17) is 9.47 Å². The molecule has 0 atom stereocenters. The van der Waals surface area contributed by atoms with E-state index in [-0.39, 0.29) is 24.8 Å². The van der Waals surface area contributed by atoms with Crippen LogP contribution in [0.25, 0.3) is 0 Å². The van der Waals surface area contributed by atoms with Gasteiger partial charge in [-0.3, -0.25) is 9.59 Å². The Kier molecular flexibility index (Phi) is 17.4. The molecule has 0 heterocycles. The van der Waals surface area contributed by atoms with Crippen LogP contribution in [-0.4, -0.2) is 18.5 Å². The maximum absolute atomic E-state index is 11.9. The molecule has 0 aliphatic carbocycles. The van der Waals surface area contributed by atoms with Gasteiger partial charge in [-0.2, -0.15) is 0 Å². The third-order valence-corrected chi connectivity index (χ3v) is 6.23. The van der Waals surface area contributed by atoms with Crippen LogP contribution in [0.4, 0.5) is 0 Å². The molecular formula is C29H48O4. The Balaban J connectivity index is 1.87. The van der Waals surface area contributed by atoms with Crippen LogP contribution in [0.3, 0.4) is 0 Å². The fourth-order valence-electron chi connectivity index (χ4n) is 3.89. The van der Waals surface area contributed by atoms with Gasteiger partial charge in [0, 0.05) is 12.8 Å². The van der Waals surface area contributed by atoms with Crippen molar-refractivity contribution in [2.75, 3.05) is 6.61 Å². The quantitative estimate of drug-likeness (QED) is 0.111. The molecular weight excluding hydrogens is 412 g/mol. The number of carbonyl (C=O) groups excluding carboxylic acids is 2. The van der Waals surface area contributed by atoms with Gasteiger partial charge >= 0.3 is 11.9 Å². The lowest BCUT2D eigenvalue weighted by molar-refractivity contribution is -0.144. The highest BCUT2D eigenvalue weighted by molar-refractivity contribution is 5.74. The number of unbranched alkanes of at least 4 members (excludes halogenated alkanes) is 13. The van der Waals surface area contributed by atoms with E-state index in [2.05, 4.69) is 6.92 Å². The monoisotopic (exact) mass is 460 g/mol. The molecule has 0 saturated carbocycles. The molecule has 0 aliphatic heterocycles. The van der Waals surface area contributed by atoms with Gasteiger partial charge in [-0.1, -0.05) is 96.5 Å². The minimum Gasteiger partial charge on any atom is -0.466 e. The molecule has 0 saturated heterocycles. The van der Waals surface area contributed by atoms with Gasteiger partial charge in [0.2, 0.25) is 0 Å². The molecule has 188 valence electrons. The van der Waals surface area contributed by atoms with Crippen LogP contribution >= 0.6 is 0 Å². The first-order chi connectivity index (χ1) is 16.0. The summed E-state index contributed by atoms with van der Waals surface area (Å²) >= 11 is 0. The standard InChI is InChI=1S/C29H48O4/c1-4-5-6-7-8-9-10-11-12-13-14-15-16-17-23-32-28(30)19-18-20-29(31)33-27-22-21-25(2)26(3)24-27/h21-22,24H,4-20,23H2,1-3H3. The summed E-state index contributed by atoms with van der Waals surface area (Å²) in [6.07, 6.45) is 19.3. The highest BCUT2D eigenvalue weighted by Crippen LogP contribution is 2.17. The molecule has 4 nitrogen and oxygen atoms in total. The molecule has 1 aromatic carbocycles. The minimum absolute atomic E-state index is 0.219. The van der Waals surface area contributed by atoms with Crippen molar-refractivity contribution in [1.82, 2.24) is 0 Å². The summed E-state index contributed by atoms with van der Waals surface area (Å²) in [6.45, 7) is 6.76. The number of rotatable bonds is 20. The molecule has 33 heavy (non-hydrogen) atoms. The van der Waals surface area contributed by atoms with E-state index < -0.39 is 0 Å². The number of aryl methyl sites for hydroxylation is 2. The maximum atomic E-state index is 11.9. The van der Waals surface area contributed by atoms with Crippen molar-refractivity contribution < 1.29 is 19.1 Å². The third kappa shape index (κ3) is 16.4. The van der Waals surface area contributed by atoms with Crippen LogP contribution in [0, 0.1) is 13.8 Å². The molecule has 1 aromatic rings. The number of ether oxygens (including phenoxy) is 2. The first kappa shape index (κ1) is 29.2. The summed E-state index contributed by atoms with van der Waals surface area (Å²) in [4.78, 5) is 23.7. The molecule has 0 N–H and O–H groups in total. The fraction of sp³-hybridized carbons (Fsp3) is 0.724. The van der Waals surface area contributed by atoms with E-state index in [9.17, 15) is 9.59 Å². The van der Waals surface area contributed by atoms with Crippen LogP contribution in [0.5, 0.6) is 5.75 Å². The molecule has 0 aliphatic rings. The highest BCUT2D eigenvalue weighted by atomic mass is 16.5. The van der Waals surface area contributed by atoms with Crippen LogP contribution in [0.15, 0.2) is 18.2 Å². The van der Waals surface area contributed by atoms with Crippen molar-refractivity contribution in [1.29, 1.82) is 0 Å². The van der Waals surface area contributed by atoms with Crippen molar-refractivity contribution in [2.24, 2.45) is 0 Å². The van der Waals surface area contributed by atoms with Gasteiger partial charge in [0.1, 0.15) is 5.75 Å². The van der Waals surface area contributed by atoms with E-state index >= 15 is 0 Å². The zero-order valence-corrected chi connectivity index (χ0v) is 21.6. The summed E-state index contributed by atoms with van der Waals surface area (Å²) in [7, 11) is 0. The van der Waals surface area contributed by atoms with Crippen LogP contribution in [0.2, 0.25) is 0 Å². The van der Waals surface area contributed by atoms with E-state index in [1.807, 2.05) is 26.0 Å². The normalized spacial score (nSPS) is 10.9. The molecule has 0 unspecified atom stereocenters. The van der Waals surface area contributed by atoms with Crippen molar-refractivity contribution in [3.8, 4) is 5.75 Å². The molecule has 0 amide bonds. The molecule has 4 heteroatoms. The minimum atomic E-state index is -0.307. The third-order valence-electron chi connectivity index (χ3n) is 6.23. The Labute approximate surface area is 202 Å². The van der Waals surface area contributed by atoms with Gasteiger partial charge in [0.25, 0.3) is 0 Å². The Hall–Kier alpha value is -1.84. The summed E-state index contributed by atoms with van der Waals surface area (Å²) < 4.78 is 10.6. The lowest BCUT2D eigenvalue weighted by atomic mass is 10.0. The summed E-state index contributed by atoms with van der Waals surface area (Å²) in [5.41, 5.74) is 2.25. The van der Waals surface area contributed by atoms with Crippen LogP contribution in [-0.2, 0) is 14.3 Å². The SMILES string of the molecule is CCCCCCCCCCCCCCCCOC(=O)CCCC(=O)Oc1ccc(C)c(C)c1. The Morgan fingerprint density at radius 1 is 0.636 bits per heavy atom. The van der Waals surface area contributed by atoms with Gasteiger partial charge in [0.15, 0.2) is 0 Å². The molecule has 0 fully saturated rings. The van der Waals surface area contributed by atoms with Gasteiger partial charge in [-0.05, 0) is 49.9 Å². The maximum Gasteiger partial charge on any atom is 0.311 e. The predicted molar refractivity (Wildman–Crippen MR) is 137 cm³/mol. The van der Waals surface area contributed by atoms with Crippen molar-refractivity contribution in [3.05, 3.63) is 29.3 Å². The summed E-state index contributed by atoms with van der Waals surface area (Å²) in [6, 6.07) is 5.59. The Morgan fingerprint density at radius 2 is 1.15 bits per heavy atom. The lowest BCUT2D eigenvalue weighted by Gasteiger charge is -2.07. The van der Waals surface area contributed by atoms with Crippen molar-refractivity contribution in [3.63, 3.8) is 0 Å². The highest BCUT2D eigenvalue weighted by Gasteiger charge is 2.09.